The molecule has 2 heterocycles. The van der Waals surface area contributed by atoms with E-state index in [2.05, 4.69) is 15.3 Å². The molecule has 4 heteroatoms. The van der Waals surface area contributed by atoms with Gasteiger partial charge in [0.1, 0.15) is 5.69 Å². The number of para-hydroxylation sites is 1. The topological polar surface area (TPSA) is 54.9 Å². The number of hydrogen-bond acceptors (Lipinski definition) is 3. The first-order valence-corrected chi connectivity index (χ1v) is 6.56. The maximum atomic E-state index is 12.2. The molecule has 0 fully saturated rings. The molecule has 0 aliphatic rings. The molecule has 0 bridgehead atoms. The molecule has 0 radical (unpaired) electrons. The lowest BCUT2D eigenvalue weighted by Gasteiger charge is -2.06. The highest BCUT2D eigenvalue weighted by molar-refractivity contribution is 6.03. The first-order chi connectivity index (χ1) is 10.3. The SMILES string of the molecule is O=C(Nc1ccccc1)c1cc(-c2cccnc2)ccn1. The quantitative estimate of drug-likeness (QED) is 0.797. The molecule has 3 rings (SSSR count). The molecule has 1 amide bonds. The maximum absolute atomic E-state index is 12.2. The standard InChI is InChI=1S/C17H13N3O/c21-17(20-15-6-2-1-3-7-15)16-11-13(8-10-19-16)14-5-4-9-18-12-14/h1-12H,(H,20,21). The predicted octanol–water partition coefficient (Wildman–Crippen LogP) is 3.40. The Morgan fingerprint density at radius 2 is 1.76 bits per heavy atom. The van der Waals surface area contributed by atoms with Crippen LogP contribution in [0.25, 0.3) is 11.1 Å². The number of aromatic nitrogens is 2. The monoisotopic (exact) mass is 275 g/mol. The van der Waals surface area contributed by atoms with Crippen molar-refractivity contribution in [3.8, 4) is 11.1 Å². The molecule has 2 aromatic heterocycles. The smallest absolute Gasteiger partial charge is 0.274 e. The van der Waals surface area contributed by atoms with Crippen molar-refractivity contribution in [3.63, 3.8) is 0 Å². The minimum atomic E-state index is -0.230. The van der Waals surface area contributed by atoms with E-state index in [1.165, 1.54) is 0 Å². The minimum absolute atomic E-state index is 0.230. The fraction of sp³-hybridized carbons (Fsp3) is 0. The average Bonchev–Trinajstić information content (AvgIpc) is 2.57. The molecular weight excluding hydrogens is 262 g/mol. The molecule has 0 unspecified atom stereocenters. The summed E-state index contributed by atoms with van der Waals surface area (Å²) < 4.78 is 0. The van der Waals surface area contributed by atoms with E-state index >= 15 is 0 Å². The van der Waals surface area contributed by atoms with E-state index in [-0.39, 0.29) is 5.91 Å². The number of benzene rings is 1. The zero-order chi connectivity index (χ0) is 14.5. The summed E-state index contributed by atoms with van der Waals surface area (Å²) in [6.07, 6.45) is 5.10. The number of amides is 1. The molecule has 0 spiro atoms. The molecule has 0 saturated heterocycles. The fourth-order valence-electron chi connectivity index (χ4n) is 1.98. The lowest BCUT2D eigenvalue weighted by molar-refractivity contribution is 0.102. The number of hydrogen-bond donors (Lipinski definition) is 1. The van der Waals surface area contributed by atoms with E-state index in [1.807, 2.05) is 48.5 Å². The van der Waals surface area contributed by atoms with Crippen molar-refractivity contribution in [2.75, 3.05) is 5.32 Å². The van der Waals surface area contributed by atoms with Crippen molar-refractivity contribution in [1.82, 2.24) is 9.97 Å². The summed E-state index contributed by atoms with van der Waals surface area (Å²) in [6.45, 7) is 0. The molecule has 102 valence electrons. The van der Waals surface area contributed by atoms with E-state index in [1.54, 1.807) is 24.7 Å². The third-order valence-electron chi connectivity index (χ3n) is 3.02. The highest BCUT2D eigenvalue weighted by Gasteiger charge is 2.09. The number of carbonyl (C=O) groups excluding carboxylic acids is 1. The molecular formula is C17H13N3O. The zero-order valence-electron chi connectivity index (χ0n) is 11.2. The van der Waals surface area contributed by atoms with Crippen LogP contribution >= 0.6 is 0 Å². The van der Waals surface area contributed by atoms with Gasteiger partial charge in [0.2, 0.25) is 0 Å². The van der Waals surface area contributed by atoms with Crippen molar-refractivity contribution in [2.24, 2.45) is 0 Å². The lowest BCUT2D eigenvalue weighted by atomic mass is 10.1. The Morgan fingerprint density at radius 1 is 0.905 bits per heavy atom. The molecule has 0 atom stereocenters. The third-order valence-corrected chi connectivity index (χ3v) is 3.02. The molecule has 21 heavy (non-hydrogen) atoms. The van der Waals surface area contributed by atoms with E-state index < -0.39 is 0 Å². The normalized spacial score (nSPS) is 10.1. The third kappa shape index (κ3) is 3.12. The van der Waals surface area contributed by atoms with Gasteiger partial charge in [0.05, 0.1) is 0 Å². The van der Waals surface area contributed by atoms with Crippen LogP contribution in [0.5, 0.6) is 0 Å². The highest BCUT2D eigenvalue weighted by Crippen LogP contribution is 2.18. The van der Waals surface area contributed by atoms with Crippen molar-refractivity contribution >= 4 is 11.6 Å². The zero-order valence-corrected chi connectivity index (χ0v) is 11.2. The second-order valence-corrected chi connectivity index (χ2v) is 4.49. The van der Waals surface area contributed by atoms with E-state index in [4.69, 9.17) is 0 Å². The van der Waals surface area contributed by atoms with Crippen molar-refractivity contribution in [3.05, 3.63) is 78.9 Å². The van der Waals surface area contributed by atoms with Gasteiger partial charge in [0.25, 0.3) is 5.91 Å². The van der Waals surface area contributed by atoms with Crippen LogP contribution < -0.4 is 5.32 Å². The Balaban J connectivity index is 1.85. The predicted molar refractivity (Wildman–Crippen MR) is 81.9 cm³/mol. The van der Waals surface area contributed by atoms with Crippen LogP contribution in [0.1, 0.15) is 10.5 Å². The van der Waals surface area contributed by atoms with Gasteiger partial charge in [-0.05, 0) is 35.9 Å². The Hall–Kier alpha value is -3.01. The summed E-state index contributed by atoms with van der Waals surface area (Å²) in [5.74, 6) is -0.230. The molecule has 3 aromatic rings. The van der Waals surface area contributed by atoms with Gasteiger partial charge in [-0.2, -0.15) is 0 Å². The summed E-state index contributed by atoms with van der Waals surface area (Å²) in [5.41, 5.74) is 2.99. The van der Waals surface area contributed by atoms with Crippen molar-refractivity contribution in [2.45, 2.75) is 0 Å². The van der Waals surface area contributed by atoms with Gasteiger partial charge < -0.3 is 5.32 Å². The molecule has 1 aromatic carbocycles. The lowest BCUT2D eigenvalue weighted by Crippen LogP contribution is -2.13. The molecule has 1 N–H and O–H groups in total. The van der Waals surface area contributed by atoms with Crippen LogP contribution in [0.2, 0.25) is 0 Å². The van der Waals surface area contributed by atoms with E-state index in [9.17, 15) is 4.79 Å². The Bertz CT molecular complexity index is 742. The number of pyridine rings is 2. The summed E-state index contributed by atoms with van der Waals surface area (Å²) in [5, 5.41) is 2.82. The summed E-state index contributed by atoms with van der Waals surface area (Å²) in [4.78, 5) is 20.4. The summed E-state index contributed by atoms with van der Waals surface area (Å²) in [6, 6.07) is 16.7. The first kappa shape index (κ1) is 13.0. The van der Waals surface area contributed by atoms with Gasteiger partial charge in [-0.3, -0.25) is 14.8 Å². The van der Waals surface area contributed by atoms with Gasteiger partial charge >= 0.3 is 0 Å². The van der Waals surface area contributed by atoms with E-state index in [0.717, 1.165) is 16.8 Å². The first-order valence-electron chi connectivity index (χ1n) is 6.56. The molecule has 4 nitrogen and oxygen atoms in total. The Morgan fingerprint density at radius 3 is 2.52 bits per heavy atom. The van der Waals surface area contributed by atoms with E-state index in [0.29, 0.717) is 5.69 Å². The van der Waals surface area contributed by atoms with Crippen LogP contribution in [0.4, 0.5) is 5.69 Å². The van der Waals surface area contributed by atoms with Crippen LogP contribution in [0, 0.1) is 0 Å². The fourth-order valence-corrected chi connectivity index (χ4v) is 1.98. The van der Waals surface area contributed by atoms with Gasteiger partial charge in [0.15, 0.2) is 0 Å². The minimum Gasteiger partial charge on any atom is -0.321 e. The van der Waals surface area contributed by atoms with Crippen molar-refractivity contribution in [1.29, 1.82) is 0 Å². The highest BCUT2D eigenvalue weighted by atomic mass is 16.1. The number of carbonyl (C=O) groups is 1. The van der Waals surface area contributed by atoms with Gasteiger partial charge in [-0.1, -0.05) is 24.3 Å². The Labute approximate surface area is 122 Å². The van der Waals surface area contributed by atoms with Crippen LogP contribution in [-0.4, -0.2) is 15.9 Å². The van der Waals surface area contributed by atoms with Crippen LogP contribution in [0.3, 0.4) is 0 Å². The largest absolute Gasteiger partial charge is 0.321 e. The molecule has 0 aliphatic heterocycles. The number of anilines is 1. The summed E-state index contributed by atoms with van der Waals surface area (Å²) >= 11 is 0. The summed E-state index contributed by atoms with van der Waals surface area (Å²) in [7, 11) is 0. The maximum Gasteiger partial charge on any atom is 0.274 e. The molecule has 0 saturated carbocycles. The molecule has 0 aliphatic carbocycles. The number of rotatable bonds is 3. The number of nitrogens with one attached hydrogen (secondary N) is 1. The average molecular weight is 275 g/mol. The second-order valence-electron chi connectivity index (χ2n) is 4.49. The van der Waals surface area contributed by atoms with Gasteiger partial charge in [-0.15, -0.1) is 0 Å². The van der Waals surface area contributed by atoms with Crippen molar-refractivity contribution < 1.29 is 4.79 Å². The van der Waals surface area contributed by atoms with Crippen LogP contribution in [0.15, 0.2) is 73.2 Å². The second kappa shape index (κ2) is 5.96. The van der Waals surface area contributed by atoms with Gasteiger partial charge in [-0.25, -0.2) is 0 Å². The van der Waals surface area contributed by atoms with Crippen LogP contribution in [-0.2, 0) is 0 Å². The van der Waals surface area contributed by atoms with Gasteiger partial charge in [0, 0.05) is 29.8 Å². The number of nitrogens with zero attached hydrogens (tertiary/aromatic N) is 2. The Kier molecular flexibility index (Phi) is 3.69.